The molecular weight excluding hydrogens is 344 g/mol. The topological polar surface area (TPSA) is 87.2 Å². The van der Waals surface area contributed by atoms with Gasteiger partial charge >= 0.3 is 5.97 Å². The summed E-state index contributed by atoms with van der Waals surface area (Å²) in [5.41, 5.74) is 1.94. The SMILES string of the molecule is CCc1ccc(CS(=O)(=O)N2CCOC(CN(C)CC(=O)O)C2)cc1. The fourth-order valence-electron chi connectivity index (χ4n) is 2.87. The van der Waals surface area contributed by atoms with Gasteiger partial charge in [0.15, 0.2) is 0 Å². The van der Waals surface area contributed by atoms with Gasteiger partial charge < -0.3 is 9.84 Å². The summed E-state index contributed by atoms with van der Waals surface area (Å²) < 4.78 is 32.4. The van der Waals surface area contributed by atoms with E-state index in [1.165, 1.54) is 9.87 Å². The van der Waals surface area contributed by atoms with Crippen molar-refractivity contribution in [1.82, 2.24) is 9.21 Å². The Morgan fingerprint density at radius 3 is 2.56 bits per heavy atom. The van der Waals surface area contributed by atoms with Crippen molar-refractivity contribution in [2.75, 3.05) is 39.8 Å². The maximum atomic E-state index is 12.7. The summed E-state index contributed by atoms with van der Waals surface area (Å²) in [7, 11) is -1.75. The number of hydrogen-bond acceptors (Lipinski definition) is 5. The summed E-state index contributed by atoms with van der Waals surface area (Å²) in [5.74, 6) is -0.951. The van der Waals surface area contributed by atoms with Gasteiger partial charge in [-0.2, -0.15) is 4.31 Å². The van der Waals surface area contributed by atoms with Gasteiger partial charge in [0.25, 0.3) is 0 Å². The highest BCUT2D eigenvalue weighted by molar-refractivity contribution is 7.88. The van der Waals surface area contributed by atoms with E-state index >= 15 is 0 Å². The largest absolute Gasteiger partial charge is 0.480 e. The van der Waals surface area contributed by atoms with Gasteiger partial charge in [-0.15, -0.1) is 0 Å². The number of likely N-dealkylation sites (N-methyl/N-ethyl adjacent to an activating group) is 1. The van der Waals surface area contributed by atoms with Crippen molar-refractivity contribution in [3.63, 3.8) is 0 Å². The number of carboxylic acids is 1. The van der Waals surface area contributed by atoms with Crippen molar-refractivity contribution in [3.05, 3.63) is 35.4 Å². The number of benzene rings is 1. The maximum absolute atomic E-state index is 12.7. The molecule has 1 aromatic rings. The Labute approximate surface area is 149 Å². The Kier molecular flexibility index (Phi) is 6.95. The maximum Gasteiger partial charge on any atom is 0.317 e. The normalized spacial score (nSPS) is 19.2. The highest BCUT2D eigenvalue weighted by atomic mass is 32.2. The molecule has 0 spiro atoms. The summed E-state index contributed by atoms with van der Waals surface area (Å²) in [6.45, 7) is 3.23. The van der Waals surface area contributed by atoms with Crippen LogP contribution in [0.2, 0.25) is 0 Å². The van der Waals surface area contributed by atoms with Crippen molar-refractivity contribution in [2.24, 2.45) is 0 Å². The van der Waals surface area contributed by atoms with Crippen LogP contribution in [0.4, 0.5) is 0 Å². The number of carboxylic acid groups (broad SMARTS) is 1. The molecule has 8 heteroatoms. The molecule has 1 N–H and O–H groups in total. The minimum Gasteiger partial charge on any atom is -0.480 e. The van der Waals surface area contributed by atoms with Crippen LogP contribution in [0, 0.1) is 0 Å². The number of morpholine rings is 1. The zero-order valence-corrected chi connectivity index (χ0v) is 15.5. The molecule has 0 radical (unpaired) electrons. The summed E-state index contributed by atoms with van der Waals surface area (Å²) in [4.78, 5) is 12.4. The molecule has 0 saturated carbocycles. The van der Waals surface area contributed by atoms with Crippen LogP contribution in [-0.4, -0.2) is 74.6 Å². The average molecular weight is 370 g/mol. The highest BCUT2D eigenvalue weighted by Gasteiger charge is 2.30. The van der Waals surface area contributed by atoms with Crippen LogP contribution < -0.4 is 0 Å². The van der Waals surface area contributed by atoms with Crippen molar-refractivity contribution in [2.45, 2.75) is 25.2 Å². The summed E-state index contributed by atoms with van der Waals surface area (Å²) in [5, 5.41) is 8.81. The summed E-state index contributed by atoms with van der Waals surface area (Å²) in [6.07, 6.45) is 0.595. The Hall–Kier alpha value is -1.48. The second kappa shape index (κ2) is 8.75. The third-order valence-electron chi connectivity index (χ3n) is 4.20. The van der Waals surface area contributed by atoms with Crippen LogP contribution >= 0.6 is 0 Å². The Bertz CT molecular complexity index is 675. The minimum atomic E-state index is -3.43. The second-order valence-electron chi connectivity index (χ2n) is 6.37. The van der Waals surface area contributed by atoms with E-state index in [4.69, 9.17) is 9.84 Å². The Balaban J connectivity index is 1.96. The van der Waals surface area contributed by atoms with Crippen molar-refractivity contribution >= 4 is 16.0 Å². The number of carbonyl (C=O) groups is 1. The van der Waals surface area contributed by atoms with E-state index in [-0.39, 0.29) is 24.9 Å². The number of hydrogen-bond donors (Lipinski definition) is 1. The molecule has 1 atom stereocenters. The predicted octanol–water partition coefficient (Wildman–Crippen LogP) is 0.796. The molecule has 0 amide bonds. The lowest BCUT2D eigenvalue weighted by Crippen LogP contribution is -2.49. The molecule has 1 fully saturated rings. The molecule has 0 aliphatic carbocycles. The molecule has 1 saturated heterocycles. The van der Waals surface area contributed by atoms with E-state index in [9.17, 15) is 13.2 Å². The molecule has 1 aliphatic heterocycles. The summed E-state index contributed by atoms with van der Waals surface area (Å²) >= 11 is 0. The van der Waals surface area contributed by atoms with E-state index in [0.29, 0.717) is 19.7 Å². The van der Waals surface area contributed by atoms with Crippen LogP contribution in [0.5, 0.6) is 0 Å². The van der Waals surface area contributed by atoms with Crippen LogP contribution in [0.15, 0.2) is 24.3 Å². The quantitative estimate of drug-likeness (QED) is 0.728. The van der Waals surface area contributed by atoms with Gasteiger partial charge in [0.1, 0.15) is 0 Å². The van der Waals surface area contributed by atoms with E-state index in [2.05, 4.69) is 6.92 Å². The third-order valence-corrected chi connectivity index (χ3v) is 6.01. The van der Waals surface area contributed by atoms with Gasteiger partial charge in [-0.05, 0) is 24.6 Å². The summed E-state index contributed by atoms with van der Waals surface area (Å²) in [6, 6.07) is 7.62. The van der Waals surface area contributed by atoms with E-state index < -0.39 is 16.0 Å². The van der Waals surface area contributed by atoms with Gasteiger partial charge in [-0.25, -0.2) is 8.42 Å². The van der Waals surface area contributed by atoms with Crippen LogP contribution in [0.25, 0.3) is 0 Å². The van der Waals surface area contributed by atoms with Gasteiger partial charge in [-0.3, -0.25) is 9.69 Å². The first-order valence-corrected chi connectivity index (χ1v) is 9.98. The number of ether oxygens (including phenoxy) is 1. The minimum absolute atomic E-state index is 0.0331. The monoisotopic (exact) mass is 370 g/mol. The van der Waals surface area contributed by atoms with Crippen LogP contribution in [0.3, 0.4) is 0 Å². The number of aryl methyl sites for hydroxylation is 1. The zero-order valence-electron chi connectivity index (χ0n) is 14.7. The molecule has 7 nitrogen and oxygen atoms in total. The number of rotatable bonds is 8. The third kappa shape index (κ3) is 6.07. The van der Waals surface area contributed by atoms with Crippen LogP contribution in [0.1, 0.15) is 18.1 Å². The van der Waals surface area contributed by atoms with Crippen molar-refractivity contribution in [1.29, 1.82) is 0 Å². The predicted molar refractivity (Wildman–Crippen MR) is 94.9 cm³/mol. The molecular formula is C17H26N2O5S. The lowest BCUT2D eigenvalue weighted by Gasteiger charge is -2.33. The highest BCUT2D eigenvalue weighted by Crippen LogP contribution is 2.16. The van der Waals surface area contributed by atoms with E-state index in [1.807, 2.05) is 24.3 Å². The van der Waals surface area contributed by atoms with Gasteiger partial charge in [0, 0.05) is 19.6 Å². The fraction of sp³-hybridized carbons (Fsp3) is 0.588. The molecule has 1 aromatic carbocycles. The first kappa shape index (κ1) is 19.8. The first-order valence-electron chi connectivity index (χ1n) is 8.37. The standard InChI is InChI=1S/C17H26N2O5S/c1-3-14-4-6-15(7-5-14)13-25(22,23)19-8-9-24-16(11-19)10-18(2)12-17(20)21/h4-7,16H,3,8-13H2,1-2H3,(H,20,21). The van der Waals surface area contributed by atoms with Crippen molar-refractivity contribution in [3.8, 4) is 0 Å². The zero-order chi connectivity index (χ0) is 18.4. The Morgan fingerprint density at radius 2 is 1.96 bits per heavy atom. The van der Waals surface area contributed by atoms with Gasteiger partial charge in [0.05, 0.1) is 25.0 Å². The van der Waals surface area contributed by atoms with E-state index in [0.717, 1.165) is 12.0 Å². The molecule has 0 aromatic heterocycles. The Morgan fingerprint density at radius 1 is 1.32 bits per heavy atom. The molecule has 1 aliphatic rings. The van der Waals surface area contributed by atoms with Crippen LogP contribution in [-0.2, 0) is 31.7 Å². The molecule has 2 rings (SSSR count). The molecule has 140 valence electrons. The second-order valence-corrected chi connectivity index (χ2v) is 8.34. The number of aliphatic carboxylic acids is 1. The molecule has 25 heavy (non-hydrogen) atoms. The smallest absolute Gasteiger partial charge is 0.317 e. The molecule has 1 unspecified atom stereocenters. The molecule has 0 bridgehead atoms. The van der Waals surface area contributed by atoms with E-state index in [1.54, 1.807) is 11.9 Å². The van der Waals surface area contributed by atoms with Gasteiger partial charge in [0.2, 0.25) is 10.0 Å². The van der Waals surface area contributed by atoms with Crippen molar-refractivity contribution < 1.29 is 23.1 Å². The van der Waals surface area contributed by atoms with Gasteiger partial charge in [-0.1, -0.05) is 31.2 Å². The number of sulfonamides is 1. The average Bonchev–Trinajstić information content (AvgIpc) is 2.54. The molecule has 1 heterocycles. The lowest BCUT2D eigenvalue weighted by atomic mass is 10.1. The fourth-order valence-corrected chi connectivity index (χ4v) is 4.41. The first-order chi connectivity index (χ1) is 11.8. The lowest BCUT2D eigenvalue weighted by molar-refractivity contribution is -0.138. The number of nitrogens with zero attached hydrogens (tertiary/aromatic N) is 2.